The minimum absolute atomic E-state index is 0.177. The molecule has 0 bridgehead atoms. The lowest BCUT2D eigenvalue weighted by molar-refractivity contribution is 0.208. The highest BCUT2D eigenvalue weighted by Crippen LogP contribution is 2.28. The number of rotatable bonds is 4. The number of halogens is 1. The van der Waals surface area contributed by atoms with Crippen molar-refractivity contribution in [2.75, 3.05) is 62.5 Å². The van der Waals surface area contributed by atoms with E-state index in [1.165, 1.54) is 0 Å². The summed E-state index contributed by atoms with van der Waals surface area (Å²) in [7, 11) is 5.49. The smallest absolute Gasteiger partial charge is 0.322 e. The molecule has 27 heavy (non-hydrogen) atoms. The fourth-order valence-corrected chi connectivity index (χ4v) is 3.03. The van der Waals surface area contributed by atoms with Crippen LogP contribution in [0.1, 0.15) is 0 Å². The summed E-state index contributed by atoms with van der Waals surface area (Å²) in [5, 5.41) is 11.7. The van der Waals surface area contributed by atoms with Crippen LogP contribution in [0.3, 0.4) is 0 Å². The monoisotopic (exact) mass is 390 g/mol. The molecule has 1 aliphatic rings. The lowest BCUT2D eigenvalue weighted by Gasteiger charge is -2.35. The minimum Gasteiger partial charge on any atom is -0.495 e. The van der Waals surface area contributed by atoms with Crippen molar-refractivity contribution in [3.05, 3.63) is 35.5 Å². The summed E-state index contributed by atoms with van der Waals surface area (Å²) in [5.74, 6) is 1.39. The average Bonchev–Trinajstić information content (AvgIpc) is 2.68. The maximum absolute atomic E-state index is 12.6. The van der Waals surface area contributed by atoms with Gasteiger partial charge in [-0.25, -0.2) is 4.79 Å². The van der Waals surface area contributed by atoms with Crippen molar-refractivity contribution in [1.29, 1.82) is 0 Å². The normalized spacial score (nSPS) is 14.1. The molecule has 1 aromatic carbocycles. The van der Waals surface area contributed by atoms with Gasteiger partial charge in [0.1, 0.15) is 5.75 Å². The fourth-order valence-electron chi connectivity index (χ4n) is 2.86. The van der Waals surface area contributed by atoms with Gasteiger partial charge in [0.2, 0.25) is 0 Å². The standard InChI is InChI=1S/C18H23ClN6O2/c1-23(2)14-11-17(22-20-12-14)24-6-8-25(9-7-24)18(26)21-15-10-13(19)4-5-16(15)27-3/h4-5,10-12H,6-9H2,1-3H3,(H,21,26). The first-order valence-electron chi connectivity index (χ1n) is 8.62. The molecule has 2 heterocycles. The molecule has 0 radical (unpaired) electrons. The first-order chi connectivity index (χ1) is 13.0. The Balaban J connectivity index is 1.61. The molecule has 2 amide bonds. The number of anilines is 3. The van der Waals surface area contributed by atoms with Crippen LogP contribution in [-0.4, -0.2) is 68.5 Å². The maximum Gasteiger partial charge on any atom is 0.322 e. The van der Waals surface area contributed by atoms with Gasteiger partial charge in [0.05, 0.1) is 24.7 Å². The van der Waals surface area contributed by atoms with Crippen LogP contribution in [-0.2, 0) is 0 Å². The number of methoxy groups -OCH3 is 1. The number of amides is 2. The summed E-state index contributed by atoms with van der Waals surface area (Å²) in [4.78, 5) is 18.5. The number of aromatic nitrogens is 2. The summed E-state index contributed by atoms with van der Waals surface area (Å²) in [5.41, 5.74) is 1.55. The molecule has 1 saturated heterocycles. The summed E-state index contributed by atoms with van der Waals surface area (Å²) >= 11 is 6.02. The molecular formula is C18H23ClN6O2. The summed E-state index contributed by atoms with van der Waals surface area (Å²) in [6, 6.07) is 6.95. The summed E-state index contributed by atoms with van der Waals surface area (Å²) < 4.78 is 5.27. The minimum atomic E-state index is -0.177. The third-order valence-electron chi connectivity index (χ3n) is 4.44. The van der Waals surface area contributed by atoms with Gasteiger partial charge in [-0.3, -0.25) is 0 Å². The van der Waals surface area contributed by atoms with E-state index in [-0.39, 0.29) is 6.03 Å². The van der Waals surface area contributed by atoms with Crippen LogP contribution < -0.4 is 19.9 Å². The zero-order valence-corrected chi connectivity index (χ0v) is 16.4. The van der Waals surface area contributed by atoms with Crippen LogP contribution in [0.15, 0.2) is 30.5 Å². The Morgan fingerprint density at radius 1 is 1.22 bits per heavy atom. The van der Waals surface area contributed by atoms with Gasteiger partial charge in [-0.15, -0.1) is 5.10 Å². The summed E-state index contributed by atoms with van der Waals surface area (Å²) in [6.45, 7) is 2.54. The van der Waals surface area contributed by atoms with Gasteiger partial charge in [-0.2, -0.15) is 5.10 Å². The molecule has 8 nitrogen and oxygen atoms in total. The molecule has 2 aromatic rings. The predicted octanol–water partition coefficient (Wildman–Crippen LogP) is 2.56. The Bertz CT molecular complexity index is 808. The maximum atomic E-state index is 12.6. The average molecular weight is 391 g/mol. The zero-order chi connectivity index (χ0) is 19.4. The Labute approximate surface area is 163 Å². The Morgan fingerprint density at radius 3 is 2.63 bits per heavy atom. The van der Waals surface area contributed by atoms with Crippen LogP contribution in [0.25, 0.3) is 0 Å². The second kappa shape index (κ2) is 8.30. The molecule has 1 N–H and O–H groups in total. The molecule has 0 saturated carbocycles. The molecule has 0 spiro atoms. The van der Waals surface area contributed by atoms with E-state index in [2.05, 4.69) is 20.4 Å². The van der Waals surface area contributed by atoms with E-state index in [0.717, 1.165) is 11.5 Å². The van der Waals surface area contributed by atoms with Gasteiger partial charge < -0.3 is 24.8 Å². The number of piperazine rings is 1. The topological polar surface area (TPSA) is 73.8 Å². The van der Waals surface area contributed by atoms with E-state index >= 15 is 0 Å². The van der Waals surface area contributed by atoms with Gasteiger partial charge in [-0.1, -0.05) is 11.6 Å². The van der Waals surface area contributed by atoms with Crippen LogP contribution in [0.5, 0.6) is 5.75 Å². The summed E-state index contributed by atoms with van der Waals surface area (Å²) in [6.07, 6.45) is 1.73. The van der Waals surface area contributed by atoms with Crippen LogP contribution in [0.4, 0.5) is 22.0 Å². The second-order valence-electron chi connectivity index (χ2n) is 6.42. The van der Waals surface area contributed by atoms with Crippen molar-refractivity contribution in [2.45, 2.75) is 0 Å². The van der Waals surface area contributed by atoms with E-state index in [4.69, 9.17) is 16.3 Å². The largest absolute Gasteiger partial charge is 0.495 e. The lowest BCUT2D eigenvalue weighted by atomic mass is 10.3. The quantitative estimate of drug-likeness (QED) is 0.864. The van der Waals surface area contributed by atoms with Crippen molar-refractivity contribution in [2.24, 2.45) is 0 Å². The van der Waals surface area contributed by atoms with E-state index in [1.807, 2.05) is 25.1 Å². The molecule has 0 unspecified atom stereocenters. The SMILES string of the molecule is COc1ccc(Cl)cc1NC(=O)N1CCN(c2cc(N(C)C)cnn2)CC1. The number of carbonyl (C=O) groups excluding carboxylic acids is 1. The first kappa shape index (κ1) is 19.0. The molecule has 3 rings (SSSR count). The number of nitrogens with zero attached hydrogens (tertiary/aromatic N) is 5. The Hall–Kier alpha value is -2.74. The van der Waals surface area contributed by atoms with Gasteiger partial charge in [0, 0.05) is 51.4 Å². The molecule has 0 aliphatic carbocycles. The van der Waals surface area contributed by atoms with Crippen molar-refractivity contribution < 1.29 is 9.53 Å². The van der Waals surface area contributed by atoms with E-state index in [1.54, 1.807) is 36.4 Å². The molecule has 144 valence electrons. The van der Waals surface area contributed by atoms with Gasteiger partial charge in [0.25, 0.3) is 0 Å². The Morgan fingerprint density at radius 2 is 1.96 bits per heavy atom. The number of hydrogen-bond acceptors (Lipinski definition) is 6. The lowest BCUT2D eigenvalue weighted by Crippen LogP contribution is -2.50. The number of carbonyl (C=O) groups is 1. The number of benzene rings is 1. The highest BCUT2D eigenvalue weighted by molar-refractivity contribution is 6.31. The first-order valence-corrected chi connectivity index (χ1v) is 9.00. The van der Waals surface area contributed by atoms with Gasteiger partial charge in [-0.05, 0) is 18.2 Å². The fraction of sp³-hybridized carbons (Fsp3) is 0.389. The van der Waals surface area contributed by atoms with E-state index in [0.29, 0.717) is 42.6 Å². The molecule has 9 heteroatoms. The number of hydrogen-bond donors (Lipinski definition) is 1. The Kier molecular flexibility index (Phi) is 5.85. The van der Waals surface area contributed by atoms with Crippen molar-refractivity contribution >= 4 is 34.8 Å². The van der Waals surface area contributed by atoms with E-state index < -0.39 is 0 Å². The number of ether oxygens (including phenoxy) is 1. The number of nitrogens with one attached hydrogen (secondary N) is 1. The molecule has 1 aliphatic heterocycles. The van der Waals surface area contributed by atoms with Crippen molar-refractivity contribution in [1.82, 2.24) is 15.1 Å². The van der Waals surface area contributed by atoms with Crippen LogP contribution >= 0.6 is 11.6 Å². The molecule has 0 atom stereocenters. The van der Waals surface area contributed by atoms with Gasteiger partial charge in [0.15, 0.2) is 5.82 Å². The predicted molar refractivity (Wildman–Crippen MR) is 107 cm³/mol. The van der Waals surface area contributed by atoms with Gasteiger partial charge >= 0.3 is 6.03 Å². The van der Waals surface area contributed by atoms with Crippen molar-refractivity contribution in [3.8, 4) is 5.75 Å². The van der Waals surface area contributed by atoms with Crippen molar-refractivity contribution in [3.63, 3.8) is 0 Å². The highest BCUT2D eigenvalue weighted by atomic mass is 35.5. The third kappa shape index (κ3) is 4.51. The second-order valence-corrected chi connectivity index (χ2v) is 6.85. The molecule has 1 aromatic heterocycles. The van der Waals surface area contributed by atoms with E-state index in [9.17, 15) is 4.79 Å². The molecular weight excluding hydrogens is 368 g/mol. The van der Waals surface area contributed by atoms with Crippen LogP contribution in [0, 0.1) is 0 Å². The number of urea groups is 1. The van der Waals surface area contributed by atoms with Crippen LogP contribution in [0.2, 0.25) is 5.02 Å². The third-order valence-corrected chi connectivity index (χ3v) is 4.67. The zero-order valence-electron chi connectivity index (χ0n) is 15.6. The molecule has 1 fully saturated rings. The highest BCUT2D eigenvalue weighted by Gasteiger charge is 2.23.